The fourth-order valence-corrected chi connectivity index (χ4v) is 3.21. The lowest BCUT2D eigenvalue weighted by Gasteiger charge is -2.25. The molecule has 0 bridgehead atoms. The summed E-state index contributed by atoms with van der Waals surface area (Å²) in [5.74, 6) is 0.829. The summed E-state index contributed by atoms with van der Waals surface area (Å²) in [4.78, 5) is 2.17. The lowest BCUT2D eigenvalue weighted by Crippen LogP contribution is -2.24. The number of anilines is 1. The number of methoxy groups -OCH3 is 1. The van der Waals surface area contributed by atoms with Crippen LogP contribution in [0.1, 0.15) is 23.0 Å². The van der Waals surface area contributed by atoms with Gasteiger partial charge in [0.05, 0.1) is 32.1 Å². The molecule has 1 saturated heterocycles. The van der Waals surface area contributed by atoms with Gasteiger partial charge in [-0.2, -0.15) is 0 Å². The van der Waals surface area contributed by atoms with E-state index in [0.29, 0.717) is 13.2 Å². The van der Waals surface area contributed by atoms with Crippen LogP contribution in [0, 0.1) is 6.92 Å². The Balaban J connectivity index is 1.55. The molecule has 0 aliphatic carbocycles. The molecule has 4 rings (SSSR count). The van der Waals surface area contributed by atoms with Crippen LogP contribution in [0.2, 0.25) is 0 Å². The number of rotatable bonds is 5. The van der Waals surface area contributed by atoms with Gasteiger partial charge < -0.3 is 14.4 Å². The predicted molar refractivity (Wildman–Crippen MR) is 99.3 cm³/mol. The minimum Gasteiger partial charge on any atom is -0.495 e. The van der Waals surface area contributed by atoms with E-state index in [1.165, 1.54) is 11.1 Å². The van der Waals surface area contributed by atoms with Crippen molar-refractivity contribution in [3.63, 3.8) is 0 Å². The van der Waals surface area contributed by atoms with Crippen molar-refractivity contribution in [3.05, 3.63) is 71.5 Å². The Morgan fingerprint density at radius 1 is 1.15 bits per heavy atom. The van der Waals surface area contributed by atoms with E-state index in [4.69, 9.17) is 9.47 Å². The number of ether oxygens (including phenoxy) is 2. The fraction of sp³-hybridized carbons (Fsp3) is 0.300. The van der Waals surface area contributed by atoms with Gasteiger partial charge in [0.25, 0.3) is 0 Å². The summed E-state index contributed by atoms with van der Waals surface area (Å²) in [5, 5.41) is 8.63. The van der Waals surface area contributed by atoms with Crippen molar-refractivity contribution in [2.24, 2.45) is 0 Å². The summed E-state index contributed by atoms with van der Waals surface area (Å²) in [6.45, 7) is 4.21. The van der Waals surface area contributed by atoms with Gasteiger partial charge in [0.1, 0.15) is 11.4 Å². The Labute approximate surface area is 153 Å². The van der Waals surface area contributed by atoms with E-state index in [-0.39, 0.29) is 6.23 Å². The zero-order valence-corrected chi connectivity index (χ0v) is 15.0. The van der Waals surface area contributed by atoms with E-state index in [9.17, 15) is 0 Å². The summed E-state index contributed by atoms with van der Waals surface area (Å²) >= 11 is 0. The molecule has 1 fully saturated rings. The van der Waals surface area contributed by atoms with Crippen molar-refractivity contribution >= 4 is 5.69 Å². The topological polar surface area (TPSA) is 52.4 Å². The first-order valence-corrected chi connectivity index (χ1v) is 8.71. The maximum Gasteiger partial charge on any atom is 0.177 e. The molecule has 0 spiro atoms. The smallest absolute Gasteiger partial charge is 0.177 e. The van der Waals surface area contributed by atoms with Crippen LogP contribution in [0.25, 0.3) is 0 Å². The Morgan fingerprint density at radius 2 is 1.96 bits per heavy atom. The normalized spacial score (nSPS) is 16.8. The molecule has 1 aliphatic rings. The highest BCUT2D eigenvalue weighted by Gasteiger charge is 2.31. The molecule has 6 heteroatoms. The SMILES string of the molecule is COc1ccccc1N1CCOC1c1cn(Cc2ccc(C)cc2)nn1. The lowest BCUT2D eigenvalue weighted by atomic mass is 10.1. The molecule has 0 N–H and O–H groups in total. The van der Waals surface area contributed by atoms with Gasteiger partial charge in [-0.15, -0.1) is 5.10 Å². The van der Waals surface area contributed by atoms with E-state index in [2.05, 4.69) is 46.4 Å². The Bertz CT molecular complexity index is 876. The first kappa shape index (κ1) is 16.6. The molecule has 0 amide bonds. The van der Waals surface area contributed by atoms with E-state index in [1.807, 2.05) is 35.1 Å². The van der Waals surface area contributed by atoms with E-state index in [1.54, 1.807) is 7.11 Å². The minimum absolute atomic E-state index is 0.252. The third-order valence-corrected chi connectivity index (χ3v) is 4.56. The molecule has 1 aliphatic heterocycles. The molecular weight excluding hydrogens is 328 g/mol. The molecule has 1 unspecified atom stereocenters. The highest BCUT2D eigenvalue weighted by atomic mass is 16.5. The van der Waals surface area contributed by atoms with Gasteiger partial charge >= 0.3 is 0 Å². The summed E-state index contributed by atoms with van der Waals surface area (Å²) in [7, 11) is 1.68. The van der Waals surface area contributed by atoms with Crippen LogP contribution in [0.4, 0.5) is 5.69 Å². The van der Waals surface area contributed by atoms with Gasteiger partial charge in [-0.3, -0.25) is 0 Å². The molecule has 0 saturated carbocycles. The molecule has 1 aromatic heterocycles. The van der Waals surface area contributed by atoms with Crippen molar-refractivity contribution < 1.29 is 9.47 Å². The van der Waals surface area contributed by atoms with Gasteiger partial charge in [-0.05, 0) is 24.6 Å². The van der Waals surface area contributed by atoms with Crippen LogP contribution in [-0.2, 0) is 11.3 Å². The number of para-hydroxylation sites is 2. The summed E-state index contributed by atoms with van der Waals surface area (Å²) in [6, 6.07) is 16.4. The van der Waals surface area contributed by atoms with Gasteiger partial charge in [-0.1, -0.05) is 47.2 Å². The Hall–Kier alpha value is -2.86. The molecule has 134 valence electrons. The maximum absolute atomic E-state index is 5.94. The molecule has 1 atom stereocenters. The largest absolute Gasteiger partial charge is 0.495 e. The molecule has 2 heterocycles. The summed E-state index contributed by atoms with van der Waals surface area (Å²) < 4.78 is 13.3. The highest BCUT2D eigenvalue weighted by molar-refractivity contribution is 5.59. The van der Waals surface area contributed by atoms with E-state index in [0.717, 1.165) is 23.7 Å². The zero-order valence-electron chi connectivity index (χ0n) is 15.0. The Morgan fingerprint density at radius 3 is 2.77 bits per heavy atom. The van der Waals surface area contributed by atoms with Crippen molar-refractivity contribution in [2.75, 3.05) is 25.2 Å². The van der Waals surface area contributed by atoms with Crippen LogP contribution in [0.15, 0.2) is 54.7 Å². The Kier molecular flexibility index (Phi) is 4.58. The van der Waals surface area contributed by atoms with E-state index >= 15 is 0 Å². The lowest BCUT2D eigenvalue weighted by molar-refractivity contribution is 0.110. The third kappa shape index (κ3) is 3.28. The molecule has 2 aromatic carbocycles. The summed E-state index contributed by atoms with van der Waals surface area (Å²) in [5.41, 5.74) is 4.26. The minimum atomic E-state index is -0.252. The van der Waals surface area contributed by atoms with Gasteiger partial charge in [-0.25, -0.2) is 4.68 Å². The first-order chi connectivity index (χ1) is 12.7. The van der Waals surface area contributed by atoms with Crippen molar-refractivity contribution in [3.8, 4) is 5.75 Å². The van der Waals surface area contributed by atoms with Crippen molar-refractivity contribution in [2.45, 2.75) is 19.7 Å². The monoisotopic (exact) mass is 350 g/mol. The van der Waals surface area contributed by atoms with Crippen molar-refractivity contribution in [1.82, 2.24) is 15.0 Å². The van der Waals surface area contributed by atoms with Gasteiger partial charge in [0.2, 0.25) is 0 Å². The van der Waals surface area contributed by atoms with Crippen LogP contribution in [-0.4, -0.2) is 35.3 Å². The average molecular weight is 350 g/mol. The highest BCUT2D eigenvalue weighted by Crippen LogP contribution is 2.36. The van der Waals surface area contributed by atoms with Crippen molar-refractivity contribution in [1.29, 1.82) is 0 Å². The second-order valence-electron chi connectivity index (χ2n) is 6.41. The molecule has 3 aromatic rings. The van der Waals surface area contributed by atoms with Crippen LogP contribution >= 0.6 is 0 Å². The maximum atomic E-state index is 5.94. The average Bonchev–Trinajstić information content (AvgIpc) is 3.32. The van der Waals surface area contributed by atoms with Gasteiger partial charge in [0, 0.05) is 6.54 Å². The fourth-order valence-electron chi connectivity index (χ4n) is 3.21. The number of hydrogen-bond donors (Lipinski definition) is 0. The second-order valence-corrected chi connectivity index (χ2v) is 6.41. The molecule has 0 radical (unpaired) electrons. The second kappa shape index (κ2) is 7.17. The standard InChI is InChI=1S/C20H22N4O2/c1-15-7-9-16(10-8-15)13-23-14-17(21-22-23)20-24(11-12-26-20)18-5-3-4-6-19(18)25-2/h3-10,14,20H,11-13H2,1-2H3. The molecular formula is C20H22N4O2. The van der Waals surface area contributed by atoms with Crippen LogP contribution in [0.3, 0.4) is 0 Å². The number of hydrogen-bond acceptors (Lipinski definition) is 5. The van der Waals surface area contributed by atoms with Gasteiger partial charge in [0.15, 0.2) is 6.23 Å². The third-order valence-electron chi connectivity index (χ3n) is 4.56. The predicted octanol–water partition coefficient (Wildman–Crippen LogP) is 3.18. The first-order valence-electron chi connectivity index (χ1n) is 8.71. The van der Waals surface area contributed by atoms with Crippen LogP contribution in [0.5, 0.6) is 5.75 Å². The number of aromatic nitrogens is 3. The van der Waals surface area contributed by atoms with Crippen LogP contribution < -0.4 is 9.64 Å². The van der Waals surface area contributed by atoms with E-state index < -0.39 is 0 Å². The number of aryl methyl sites for hydroxylation is 1. The number of nitrogens with zero attached hydrogens (tertiary/aromatic N) is 4. The molecule has 6 nitrogen and oxygen atoms in total. The zero-order chi connectivity index (χ0) is 17.9. The summed E-state index contributed by atoms with van der Waals surface area (Å²) in [6.07, 6.45) is 1.70. The quantitative estimate of drug-likeness (QED) is 0.707. The molecule has 26 heavy (non-hydrogen) atoms. The number of benzene rings is 2.